The monoisotopic (exact) mass is 226 g/mol. The standard InChI is InChI=1S/C12H22N2O2/c1-16-12(15)11-3-2-8-14(11)9-10-4-6-13-7-5-10/h10-11,13H,2-9H2,1H3/t11-/m1/s1. The normalized spacial score (nSPS) is 28.2. The van der Waals surface area contributed by atoms with Crippen molar-refractivity contribution >= 4 is 5.97 Å². The zero-order valence-electron chi connectivity index (χ0n) is 10.1. The molecule has 92 valence electrons. The van der Waals surface area contributed by atoms with Crippen molar-refractivity contribution in [3.63, 3.8) is 0 Å². The second kappa shape index (κ2) is 5.64. The summed E-state index contributed by atoms with van der Waals surface area (Å²) in [7, 11) is 1.49. The molecule has 2 heterocycles. The molecule has 0 aromatic carbocycles. The number of ether oxygens (including phenoxy) is 1. The Balaban J connectivity index is 1.85. The summed E-state index contributed by atoms with van der Waals surface area (Å²) in [5.41, 5.74) is 0. The van der Waals surface area contributed by atoms with E-state index >= 15 is 0 Å². The van der Waals surface area contributed by atoms with Crippen molar-refractivity contribution in [2.24, 2.45) is 5.92 Å². The first-order valence-electron chi connectivity index (χ1n) is 6.34. The molecule has 0 aromatic heterocycles. The molecule has 4 heteroatoms. The zero-order chi connectivity index (χ0) is 11.4. The number of carbonyl (C=O) groups is 1. The van der Waals surface area contributed by atoms with Crippen molar-refractivity contribution in [3.05, 3.63) is 0 Å². The summed E-state index contributed by atoms with van der Waals surface area (Å²) in [5.74, 6) is 0.706. The average Bonchev–Trinajstić information content (AvgIpc) is 2.77. The molecule has 0 aliphatic carbocycles. The third kappa shape index (κ3) is 2.74. The van der Waals surface area contributed by atoms with Gasteiger partial charge in [0.1, 0.15) is 6.04 Å². The molecule has 16 heavy (non-hydrogen) atoms. The number of piperidine rings is 1. The van der Waals surface area contributed by atoms with Crippen LogP contribution in [0.25, 0.3) is 0 Å². The van der Waals surface area contributed by atoms with E-state index in [2.05, 4.69) is 10.2 Å². The number of carbonyl (C=O) groups excluding carboxylic acids is 1. The van der Waals surface area contributed by atoms with Crippen LogP contribution in [0.2, 0.25) is 0 Å². The Bertz CT molecular complexity index is 239. The van der Waals surface area contributed by atoms with E-state index in [1.54, 1.807) is 0 Å². The van der Waals surface area contributed by atoms with Crippen LogP contribution in [0.5, 0.6) is 0 Å². The number of esters is 1. The van der Waals surface area contributed by atoms with Gasteiger partial charge in [-0.2, -0.15) is 0 Å². The third-order valence-corrected chi connectivity index (χ3v) is 3.79. The van der Waals surface area contributed by atoms with Gasteiger partial charge < -0.3 is 10.1 Å². The highest BCUT2D eigenvalue weighted by atomic mass is 16.5. The number of nitrogens with zero attached hydrogens (tertiary/aromatic N) is 1. The van der Waals surface area contributed by atoms with Gasteiger partial charge in [0.25, 0.3) is 0 Å². The largest absolute Gasteiger partial charge is 0.468 e. The van der Waals surface area contributed by atoms with Gasteiger partial charge in [0.05, 0.1) is 7.11 Å². The molecule has 0 spiro atoms. The van der Waals surface area contributed by atoms with Crippen LogP contribution in [0.3, 0.4) is 0 Å². The first kappa shape index (κ1) is 11.9. The van der Waals surface area contributed by atoms with Gasteiger partial charge in [-0.1, -0.05) is 0 Å². The summed E-state index contributed by atoms with van der Waals surface area (Å²) in [4.78, 5) is 13.9. The van der Waals surface area contributed by atoms with Crippen molar-refractivity contribution in [1.29, 1.82) is 0 Å². The topological polar surface area (TPSA) is 41.6 Å². The maximum atomic E-state index is 11.6. The molecular formula is C12H22N2O2. The SMILES string of the molecule is COC(=O)[C@H]1CCCN1CC1CCNCC1. The molecule has 1 N–H and O–H groups in total. The Hall–Kier alpha value is -0.610. The minimum absolute atomic E-state index is 0.0277. The van der Waals surface area contributed by atoms with Crippen LogP contribution in [0.15, 0.2) is 0 Å². The van der Waals surface area contributed by atoms with Crippen molar-refractivity contribution in [2.75, 3.05) is 33.3 Å². The second-order valence-electron chi connectivity index (χ2n) is 4.87. The highest BCUT2D eigenvalue weighted by Crippen LogP contribution is 2.22. The lowest BCUT2D eigenvalue weighted by molar-refractivity contribution is -0.146. The van der Waals surface area contributed by atoms with E-state index in [9.17, 15) is 4.79 Å². The predicted octanol–water partition coefficient (Wildman–Crippen LogP) is 0.623. The van der Waals surface area contributed by atoms with E-state index in [1.165, 1.54) is 20.0 Å². The van der Waals surface area contributed by atoms with Crippen LogP contribution in [0, 0.1) is 5.92 Å². The van der Waals surface area contributed by atoms with Crippen molar-refractivity contribution in [1.82, 2.24) is 10.2 Å². The molecule has 0 unspecified atom stereocenters. The van der Waals surface area contributed by atoms with E-state index in [-0.39, 0.29) is 12.0 Å². The van der Waals surface area contributed by atoms with Gasteiger partial charge >= 0.3 is 5.97 Å². The number of nitrogens with one attached hydrogen (secondary N) is 1. The van der Waals surface area contributed by atoms with Crippen LogP contribution in [0.4, 0.5) is 0 Å². The van der Waals surface area contributed by atoms with Crippen LogP contribution >= 0.6 is 0 Å². The van der Waals surface area contributed by atoms with E-state index in [1.807, 2.05) is 0 Å². The van der Waals surface area contributed by atoms with Crippen molar-refractivity contribution in [3.8, 4) is 0 Å². The summed E-state index contributed by atoms with van der Waals surface area (Å²) in [5, 5.41) is 3.37. The van der Waals surface area contributed by atoms with Gasteiger partial charge in [0.2, 0.25) is 0 Å². The van der Waals surface area contributed by atoms with Gasteiger partial charge in [-0.25, -0.2) is 0 Å². The lowest BCUT2D eigenvalue weighted by Crippen LogP contribution is -2.42. The molecule has 2 fully saturated rings. The Morgan fingerprint density at radius 2 is 2.12 bits per heavy atom. The number of rotatable bonds is 3. The van der Waals surface area contributed by atoms with Gasteiger partial charge in [-0.3, -0.25) is 9.69 Å². The molecule has 0 saturated carbocycles. The molecule has 0 aromatic rings. The van der Waals surface area contributed by atoms with E-state index in [0.29, 0.717) is 0 Å². The molecule has 0 radical (unpaired) electrons. The molecule has 0 bridgehead atoms. The highest BCUT2D eigenvalue weighted by molar-refractivity contribution is 5.75. The van der Waals surface area contributed by atoms with Crippen molar-refractivity contribution < 1.29 is 9.53 Å². The fourth-order valence-electron chi connectivity index (χ4n) is 2.84. The molecule has 2 saturated heterocycles. The number of methoxy groups -OCH3 is 1. The number of likely N-dealkylation sites (tertiary alicyclic amines) is 1. The maximum Gasteiger partial charge on any atom is 0.323 e. The molecule has 2 rings (SSSR count). The van der Waals surface area contributed by atoms with Crippen molar-refractivity contribution in [2.45, 2.75) is 31.7 Å². The van der Waals surface area contributed by atoms with Gasteiger partial charge in [-0.05, 0) is 51.2 Å². The first-order valence-corrected chi connectivity index (χ1v) is 6.34. The van der Waals surface area contributed by atoms with E-state index < -0.39 is 0 Å². The Morgan fingerprint density at radius 1 is 1.38 bits per heavy atom. The zero-order valence-corrected chi connectivity index (χ0v) is 10.1. The molecular weight excluding hydrogens is 204 g/mol. The highest BCUT2D eigenvalue weighted by Gasteiger charge is 2.32. The van der Waals surface area contributed by atoms with Gasteiger partial charge in [0.15, 0.2) is 0 Å². The minimum Gasteiger partial charge on any atom is -0.468 e. The molecule has 2 aliphatic heterocycles. The molecule has 0 amide bonds. The maximum absolute atomic E-state index is 11.6. The van der Waals surface area contributed by atoms with Gasteiger partial charge in [0, 0.05) is 6.54 Å². The average molecular weight is 226 g/mol. The first-order chi connectivity index (χ1) is 7.81. The summed E-state index contributed by atoms with van der Waals surface area (Å²) in [6, 6.07) is 0.0277. The lowest BCUT2D eigenvalue weighted by Gasteiger charge is -2.30. The summed E-state index contributed by atoms with van der Waals surface area (Å²) < 4.78 is 4.86. The lowest BCUT2D eigenvalue weighted by atomic mass is 9.97. The Morgan fingerprint density at radius 3 is 2.81 bits per heavy atom. The summed E-state index contributed by atoms with van der Waals surface area (Å²) in [6.07, 6.45) is 4.58. The van der Waals surface area contributed by atoms with E-state index in [0.717, 1.165) is 44.9 Å². The smallest absolute Gasteiger partial charge is 0.323 e. The molecule has 1 atom stereocenters. The summed E-state index contributed by atoms with van der Waals surface area (Å²) >= 11 is 0. The van der Waals surface area contributed by atoms with Crippen LogP contribution < -0.4 is 5.32 Å². The molecule has 2 aliphatic rings. The fourth-order valence-corrected chi connectivity index (χ4v) is 2.84. The summed E-state index contributed by atoms with van der Waals surface area (Å²) in [6.45, 7) is 4.38. The quantitative estimate of drug-likeness (QED) is 0.716. The minimum atomic E-state index is -0.0496. The van der Waals surface area contributed by atoms with E-state index in [4.69, 9.17) is 4.74 Å². The number of hydrogen-bond donors (Lipinski definition) is 1. The second-order valence-corrected chi connectivity index (χ2v) is 4.87. The number of hydrogen-bond acceptors (Lipinski definition) is 4. The molecule has 4 nitrogen and oxygen atoms in total. The Kier molecular flexibility index (Phi) is 4.18. The van der Waals surface area contributed by atoms with Crippen LogP contribution in [0.1, 0.15) is 25.7 Å². The van der Waals surface area contributed by atoms with Crippen LogP contribution in [-0.2, 0) is 9.53 Å². The third-order valence-electron chi connectivity index (χ3n) is 3.79. The van der Waals surface area contributed by atoms with Crippen LogP contribution in [-0.4, -0.2) is 50.2 Å². The predicted molar refractivity (Wildman–Crippen MR) is 62.2 cm³/mol. The fraction of sp³-hybridized carbons (Fsp3) is 0.917. The van der Waals surface area contributed by atoms with Gasteiger partial charge in [-0.15, -0.1) is 0 Å². The Labute approximate surface area is 97.3 Å².